The largest absolute Gasteiger partial charge is 0.399 e. The number of rotatable bonds is 2. The molecule has 0 radical (unpaired) electrons. The second kappa shape index (κ2) is 5.19. The summed E-state index contributed by atoms with van der Waals surface area (Å²) < 4.78 is 0. The van der Waals surface area contributed by atoms with Gasteiger partial charge in [-0.2, -0.15) is 0 Å². The van der Waals surface area contributed by atoms with E-state index in [2.05, 4.69) is 9.97 Å². The van der Waals surface area contributed by atoms with E-state index in [-0.39, 0.29) is 5.56 Å². The van der Waals surface area contributed by atoms with Gasteiger partial charge >= 0.3 is 0 Å². The van der Waals surface area contributed by atoms with Crippen molar-refractivity contribution < 1.29 is 0 Å². The average Bonchev–Trinajstić information content (AvgIpc) is 2.40. The number of hydrogen-bond donors (Lipinski definition) is 2. The van der Waals surface area contributed by atoms with Crippen LogP contribution in [0.5, 0.6) is 0 Å². The summed E-state index contributed by atoms with van der Waals surface area (Å²) in [4.78, 5) is 20.1. The van der Waals surface area contributed by atoms with Crippen molar-refractivity contribution in [1.29, 1.82) is 0 Å². The maximum atomic E-state index is 12.0. The minimum atomic E-state index is -0.202. The van der Waals surface area contributed by atoms with Crippen molar-refractivity contribution in [2.45, 2.75) is 10.1 Å². The molecule has 0 bridgehead atoms. The molecule has 1 heterocycles. The molecule has 0 saturated carbocycles. The second-order valence-electron chi connectivity index (χ2n) is 4.21. The Morgan fingerprint density at radius 2 is 2.05 bits per heavy atom. The Morgan fingerprint density at radius 1 is 1.20 bits per heavy atom. The molecule has 2 aromatic carbocycles. The topological polar surface area (TPSA) is 71.8 Å². The lowest BCUT2D eigenvalue weighted by Crippen LogP contribution is -2.09. The first-order valence-corrected chi connectivity index (χ1v) is 7.04. The number of nitrogens with zero attached hydrogens (tertiary/aromatic N) is 1. The third-order valence-electron chi connectivity index (χ3n) is 2.72. The van der Waals surface area contributed by atoms with Crippen molar-refractivity contribution in [3.63, 3.8) is 0 Å². The summed E-state index contributed by atoms with van der Waals surface area (Å²) in [5, 5.41) is 1.65. The van der Waals surface area contributed by atoms with Crippen molar-refractivity contribution in [1.82, 2.24) is 9.97 Å². The molecule has 0 spiro atoms. The highest BCUT2D eigenvalue weighted by Gasteiger charge is 2.06. The quantitative estimate of drug-likeness (QED) is 0.563. The van der Waals surface area contributed by atoms with Crippen LogP contribution in [0.1, 0.15) is 0 Å². The average molecular weight is 304 g/mol. The Balaban J connectivity index is 2.05. The Kier molecular flexibility index (Phi) is 3.38. The molecule has 1 aromatic heterocycles. The molecule has 0 amide bonds. The van der Waals surface area contributed by atoms with Crippen LogP contribution >= 0.6 is 23.4 Å². The molecule has 0 unspecified atom stereocenters. The van der Waals surface area contributed by atoms with Gasteiger partial charge in [0.1, 0.15) is 0 Å². The van der Waals surface area contributed by atoms with Crippen LogP contribution in [0.4, 0.5) is 5.69 Å². The van der Waals surface area contributed by atoms with E-state index >= 15 is 0 Å². The van der Waals surface area contributed by atoms with Gasteiger partial charge in [0.05, 0.1) is 10.9 Å². The molecule has 6 heteroatoms. The van der Waals surface area contributed by atoms with Crippen LogP contribution in [0, 0.1) is 0 Å². The van der Waals surface area contributed by atoms with Crippen molar-refractivity contribution in [2.75, 3.05) is 5.73 Å². The van der Waals surface area contributed by atoms with E-state index in [0.717, 1.165) is 4.90 Å². The predicted molar refractivity (Wildman–Crippen MR) is 82.4 cm³/mol. The van der Waals surface area contributed by atoms with Crippen LogP contribution in [0.2, 0.25) is 5.02 Å². The van der Waals surface area contributed by atoms with Crippen LogP contribution < -0.4 is 11.3 Å². The molecule has 0 atom stereocenters. The van der Waals surface area contributed by atoms with Gasteiger partial charge in [-0.3, -0.25) is 4.79 Å². The molecule has 3 aromatic rings. The lowest BCUT2D eigenvalue weighted by Gasteiger charge is -2.03. The molecular formula is C14H10ClN3OS. The fourth-order valence-electron chi connectivity index (χ4n) is 1.83. The molecule has 20 heavy (non-hydrogen) atoms. The summed E-state index contributed by atoms with van der Waals surface area (Å²) in [6, 6.07) is 12.5. The Bertz CT molecular complexity index is 847. The minimum Gasteiger partial charge on any atom is -0.399 e. The van der Waals surface area contributed by atoms with Gasteiger partial charge in [-0.05, 0) is 36.4 Å². The number of halogens is 1. The van der Waals surface area contributed by atoms with Crippen molar-refractivity contribution in [3.8, 4) is 0 Å². The van der Waals surface area contributed by atoms with Gasteiger partial charge in [0.2, 0.25) is 0 Å². The standard InChI is InChI=1S/C14H10ClN3OS/c15-8-2-1-3-10(6-8)20-14-17-12-5-4-9(16)7-11(12)13(19)18-14/h1-7H,16H2,(H,17,18,19). The van der Waals surface area contributed by atoms with Crippen molar-refractivity contribution >= 4 is 40.0 Å². The summed E-state index contributed by atoms with van der Waals surface area (Å²) in [6.45, 7) is 0. The SMILES string of the molecule is Nc1ccc2nc(Sc3cccc(Cl)c3)[nH]c(=O)c2c1. The van der Waals surface area contributed by atoms with Crippen molar-refractivity contribution in [2.24, 2.45) is 0 Å². The van der Waals surface area contributed by atoms with E-state index in [9.17, 15) is 4.79 Å². The zero-order valence-electron chi connectivity index (χ0n) is 10.3. The summed E-state index contributed by atoms with van der Waals surface area (Å²) in [7, 11) is 0. The summed E-state index contributed by atoms with van der Waals surface area (Å²) in [5.41, 5.74) is 6.63. The number of nitrogens with one attached hydrogen (secondary N) is 1. The van der Waals surface area contributed by atoms with Crippen LogP contribution in [0.25, 0.3) is 10.9 Å². The molecule has 3 N–H and O–H groups in total. The number of H-pyrrole nitrogens is 1. The number of anilines is 1. The maximum absolute atomic E-state index is 12.0. The van der Waals surface area contributed by atoms with Crippen LogP contribution in [0.3, 0.4) is 0 Å². The van der Waals surface area contributed by atoms with Gasteiger partial charge in [-0.15, -0.1) is 0 Å². The van der Waals surface area contributed by atoms with Crippen LogP contribution in [-0.2, 0) is 0 Å². The van der Waals surface area contributed by atoms with E-state index in [1.807, 2.05) is 18.2 Å². The highest BCUT2D eigenvalue weighted by molar-refractivity contribution is 7.99. The summed E-state index contributed by atoms with van der Waals surface area (Å²) >= 11 is 7.29. The van der Waals surface area contributed by atoms with E-state index < -0.39 is 0 Å². The molecule has 0 aliphatic carbocycles. The van der Waals surface area contributed by atoms with E-state index in [1.54, 1.807) is 24.3 Å². The maximum Gasteiger partial charge on any atom is 0.259 e. The van der Waals surface area contributed by atoms with Gasteiger partial charge in [0.25, 0.3) is 5.56 Å². The fraction of sp³-hybridized carbons (Fsp3) is 0. The van der Waals surface area contributed by atoms with Crippen LogP contribution in [-0.4, -0.2) is 9.97 Å². The first kappa shape index (κ1) is 13.0. The molecule has 0 fully saturated rings. The Labute approximate surface area is 124 Å². The highest BCUT2D eigenvalue weighted by Crippen LogP contribution is 2.27. The van der Waals surface area contributed by atoms with Gasteiger partial charge in [-0.25, -0.2) is 4.98 Å². The monoisotopic (exact) mass is 303 g/mol. The summed E-state index contributed by atoms with van der Waals surface area (Å²) in [6.07, 6.45) is 0. The normalized spacial score (nSPS) is 10.8. The van der Waals surface area contributed by atoms with Crippen molar-refractivity contribution in [3.05, 3.63) is 57.8 Å². The highest BCUT2D eigenvalue weighted by atomic mass is 35.5. The third-order valence-corrected chi connectivity index (χ3v) is 3.83. The Hall–Kier alpha value is -1.98. The lowest BCUT2D eigenvalue weighted by atomic mass is 10.2. The zero-order valence-corrected chi connectivity index (χ0v) is 11.8. The molecular weight excluding hydrogens is 294 g/mol. The van der Waals surface area contributed by atoms with E-state index in [4.69, 9.17) is 17.3 Å². The molecule has 0 aliphatic heterocycles. The number of hydrogen-bond acceptors (Lipinski definition) is 4. The van der Waals surface area contributed by atoms with Gasteiger partial charge < -0.3 is 10.7 Å². The molecule has 0 aliphatic rings. The number of benzene rings is 2. The number of nitrogens with two attached hydrogens (primary N) is 1. The number of nitrogen functional groups attached to an aromatic ring is 1. The second-order valence-corrected chi connectivity index (χ2v) is 5.71. The lowest BCUT2D eigenvalue weighted by molar-refractivity contribution is 0.974. The number of aromatic amines is 1. The molecule has 0 saturated heterocycles. The first-order chi connectivity index (χ1) is 9.61. The molecule has 100 valence electrons. The van der Waals surface area contributed by atoms with Crippen LogP contribution in [0.15, 0.2) is 57.3 Å². The summed E-state index contributed by atoms with van der Waals surface area (Å²) in [5.74, 6) is 0. The predicted octanol–water partition coefficient (Wildman–Crippen LogP) is 3.31. The van der Waals surface area contributed by atoms with Gasteiger partial charge in [0.15, 0.2) is 5.16 Å². The molecule has 3 rings (SSSR count). The van der Waals surface area contributed by atoms with E-state index in [1.165, 1.54) is 11.8 Å². The van der Waals surface area contributed by atoms with Gasteiger partial charge in [0, 0.05) is 15.6 Å². The smallest absolute Gasteiger partial charge is 0.259 e. The van der Waals surface area contributed by atoms with Gasteiger partial charge in [-0.1, -0.05) is 29.4 Å². The number of aromatic nitrogens is 2. The first-order valence-electron chi connectivity index (χ1n) is 5.85. The minimum absolute atomic E-state index is 0.202. The number of fused-ring (bicyclic) bond motifs is 1. The fourth-order valence-corrected chi connectivity index (χ4v) is 2.92. The zero-order chi connectivity index (χ0) is 14.1. The molecule has 4 nitrogen and oxygen atoms in total. The van der Waals surface area contributed by atoms with E-state index in [0.29, 0.717) is 26.8 Å². The Morgan fingerprint density at radius 3 is 2.85 bits per heavy atom. The third kappa shape index (κ3) is 2.64.